The average Bonchev–Trinajstić information content (AvgIpc) is 2.61. The van der Waals surface area contributed by atoms with Gasteiger partial charge in [0.1, 0.15) is 0 Å². The molecule has 4 heteroatoms. The molecule has 0 radical (unpaired) electrons. The number of aliphatic hydroxyl groups excluding tert-OH is 1. The van der Waals surface area contributed by atoms with Crippen molar-refractivity contribution in [1.29, 1.82) is 0 Å². The number of allylic oxidation sites excluding steroid dienone is 1. The number of hydrogen-bond acceptors (Lipinski definition) is 3. The number of rotatable bonds is 7. The zero-order valence-corrected chi connectivity index (χ0v) is 17.0. The molecule has 0 saturated heterocycles. The van der Waals surface area contributed by atoms with Crippen LogP contribution in [0.4, 0.5) is 0 Å². The van der Waals surface area contributed by atoms with Crippen molar-refractivity contribution in [2.45, 2.75) is 38.8 Å². The van der Waals surface area contributed by atoms with Crippen LogP contribution in [0.15, 0.2) is 72.8 Å². The lowest BCUT2D eigenvalue weighted by molar-refractivity contribution is -0.112. The summed E-state index contributed by atoms with van der Waals surface area (Å²) in [6, 6.07) is 20.6. The van der Waals surface area contributed by atoms with Crippen molar-refractivity contribution in [2.24, 2.45) is 0 Å². The summed E-state index contributed by atoms with van der Waals surface area (Å²) in [5.41, 5.74) is 0. The van der Waals surface area contributed by atoms with Crippen LogP contribution in [0.25, 0.3) is 0 Å². The minimum absolute atomic E-state index is 0.0884. The van der Waals surface area contributed by atoms with Gasteiger partial charge in [0.25, 0.3) is 8.32 Å². The Kier molecular flexibility index (Phi) is 6.70. The van der Waals surface area contributed by atoms with Crippen LogP contribution in [0.5, 0.6) is 0 Å². The van der Waals surface area contributed by atoms with E-state index in [-0.39, 0.29) is 17.4 Å². The molecule has 2 aromatic carbocycles. The van der Waals surface area contributed by atoms with Gasteiger partial charge in [-0.1, -0.05) is 87.5 Å². The van der Waals surface area contributed by atoms with Crippen molar-refractivity contribution in [3.8, 4) is 0 Å². The van der Waals surface area contributed by atoms with Crippen LogP contribution >= 0.6 is 0 Å². The maximum absolute atomic E-state index is 11.1. The molecule has 0 saturated carbocycles. The Morgan fingerprint density at radius 2 is 1.50 bits per heavy atom. The van der Waals surface area contributed by atoms with E-state index in [1.807, 2.05) is 36.4 Å². The largest absolute Gasteiger partial charge is 0.404 e. The molecule has 1 unspecified atom stereocenters. The Hall–Kier alpha value is -2.01. The second-order valence-corrected chi connectivity index (χ2v) is 11.8. The van der Waals surface area contributed by atoms with Crippen LogP contribution < -0.4 is 10.4 Å². The third-order valence-corrected chi connectivity index (χ3v) is 9.45. The molecule has 0 fully saturated rings. The van der Waals surface area contributed by atoms with Gasteiger partial charge in [0.2, 0.25) is 0 Å². The van der Waals surface area contributed by atoms with Crippen molar-refractivity contribution in [2.75, 3.05) is 6.61 Å². The van der Waals surface area contributed by atoms with Gasteiger partial charge in [0, 0.05) is 0 Å². The summed E-state index contributed by atoms with van der Waals surface area (Å²) in [4.78, 5) is 11.1. The van der Waals surface area contributed by atoms with Crippen LogP contribution in [0.2, 0.25) is 5.04 Å². The monoisotopic (exact) mass is 368 g/mol. The lowest BCUT2D eigenvalue weighted by atomic mass is 10.2. The van der Waals surface area contributed by atoms with Gasteiger partial charge in [-0.15, -0.1) is 0 Å². The molecule has 138 valence electrons. The van der Waals surface area contributed by atoms with Crippen molar-refractivity contribution >= 4 is 24.5 Å². The molecule has 0 spiro atoms. The molecule has 1 atom stereocenters. The lowest BCUT2D eigenvalue weighted by Crippen LogP contribution is -2.67. The second-order valence-electron chi connectivity index (χ2n) is 7.51. The molecule has 0 bridgehead atoms. The molecule has 0 amide bonds. The van der Waals surface area contributed by atoms with E-state index in [0.29, 0.717) is 0 Å². The standard InChI is InChI=1S/C22H28O3Si/c1-18(23)15-16-19(24)17-25-26(22(2,3)4,20-11-7-5-8-12-20)21-13-9-6-10-14-21/h5-16,19,24H,17H2,1-4H3/b16-15+. The van der Waals surface area contributed by atoms with E-state index in [1.54, 1.807) is 0 Å². The minimum atomic E-state index is -2.65. The van der Waals surface area contributed by atoms with Crippen molar-refractivity contribution < 1.29 is 14.3 Å². The Balaban J connectivity index is 2.49. The number of benzene rings is 2. The Morgan fingerprint density at radius 3 is 1.88 bits per heavy atom. The van der Waals surface area contributed by atoms with Crippen LogP contribution in [-0.2, 0) is 9.22 Å². The zero-order valence-electron chi connectivity index (χ0n) is 16.0. The summed E-state index contributed by atoms with van der Waals surface area (Å²) in [7, 11) is -2.65. The van der Waals surface area contributed by atoms with E-state index in [1.165, 1.54) is 29.4 Å². The number of aliphatic hydroxyl groups is 1. The van der Waals surface area contributed by atoms with Gasteiger partial charge >= 0.3 is 0 Å². The third kappa shape index (κ3) is 4.58. The molecule has 0 heterocycles. The molecular formula is C22H28O3Si. The molecule has 3 nitrogen and oxygen atoms in total. The Morgan fingerprint density at radius 1 is 1.04 bits per heavy atom. The van der Waals surface area contributed by atoms with E-state index in [2.05, 4.69) is 45.0 Å². The van der Waals surface area contributed by atoms with Gasteiger partial charge < -0.3 is 9.53 Å². The fraction of sp³-hybridized carbons (Fsp3) is 0.318. The molecule has 0 aromatic heterocycles. The van der Waals surface area contributed by atoms with Crippen LogP contribution in [0.3, 0.4) is 0 Å². The highest BCUT2D eigenvalue weighted by molar-refractivity contribution is 6.99. The van der Waals surface area contributed by atoms with E-state index in [0.717, 1.165) is 0 Å². The van der Waals surface area contributed by atoms with E-state index in [4.69, 9.17) is 4.43 Å². The highest BCUT2D eigenvalue weighted by atomic mass is 28.4. The van der Waals surface area contributed by atoms with Gasteiger partial charge in [0.05, 0.1) is 12.7 Å². The van der Waals surface area contributed by atoms with Gasteiger partial charge in [-0.25, -0.2) is 0 Å². The molecule has 26 heavy (non-hydrogen) atoms. The van der Waals surface area contributed by atoms with Gasteiger partial charge in [0.15, 0.2) is 5.78 Å². The summed E-state index contributed by atoms with van der Waals surface area (Å²) in [5.74, 6) is -0.0884. The predicted octanol–water partition coefficient (Wildman–Crippen LogP) is 3.07. The van der Waals surface area contributed by atoms with Crippen molar-refractivity contribution in [3.63, 3.8) is 0 Å². The van der Waals surface area contributed by atoms with Crippen molar-refractivity contribution in [1.82, 2.24) is 0 Å². The normalized spacial score (nSPS) is 13.7. The van der Waals surface area contributed by atoms with Gasteiger partial charge in [-0.3, -0.25) is 4.79 Å². The molecule has 0 aliphatic heterocycles. The Labute approximate surface area is 157 Å². The van der Waals surface area contributed by atoms with Crippen LogP contribution in [0, 0.1) is 0 Å². The molecule has 0 aliphatic carbocycles. The number of carbonyl (C=O) groups excluding carboxylic acids is 1. The first-order chi connectivity index (χ1) is 12.3. The van der Waals surface area contributed by atoms with E-state index in [9.17, 15) is 9.90 Å². The average molecular weight is 369 g/mol. The first-order valence-corrected chi connectivity index (χ1v) is 10.8. The van der Waals surface area contributed by atoms with Gasteiger partial charge in [-0.2, -0.15) is 0 Å². The molecular weight excluding hydrogens is 340 g/mol. The fourth-order valence-electron chi connectivity index (χ4n) is 3.27. The molecule has 2 rings (SSSR count). The van der Waals surface area contributed by atoms with Crippen molar-refractivity contribution in [3.05, 3.63) is 72.8 Å². The first kappa shape index (κ1) is 20.3. The smallest absolute Gasteiger partial charge is 0.261 e. The molecule has 0 aliphatic rings. The maximum Gasteiger partial charge on any atom is 0.261 e. The molecule has 1 N–H and O–H groups in total. The molecule has 2 aromatic rings. The van der Waals surface area contributed by atoms with Crippen LogP contribution in [-0.4, -0.2) is 31.9 Å². The lowest BCUT2D eigenvalue weighted by Gasteiger charge is -2.43. The maximum atomic E-state index is 11.1. The highest BCUT2D eigenvalue weighted by Crippen LogP contribution is 2.36. The highest BCUT2D eigenvalue weighted by Gasteiger charge is 2.50. The zero-order chi connectivity index (χ0) is 19.2. The summed E-state index contributed by atoms with van der Waals surface area (Å²) < 4.78 is 6.59. The van der Waals surface area contributed by atoms with E-state index < -0.39 is 14.4 Å². The van der Waals surface area contributed by atoms with Crippen LogP contribution in [0.1, 0.15) is 27.7 Å². The summed E-state index contributed by atoms with van der Waals surface area (Å²) in [5, 5.41) is 12.5. The quantitative estimate of drug-likeness (QED) is 0.603. The predicted molar refractivity (Wildman–Crippen MR) is 109 cm³/mol. The SMILES string of the molecule is CC(=O)/C=C/C(O)CO[Si](c1ccccc1)(c1ccccc1)C(C)(C)C. The first-order valence-electron chi connectivity index (χ1n) is 8.89. The summed E-state index contributed by atoms with van der Waals surface area (Å²) in [6.07, 6.45) is 2.07. The fourth-order valence-corrected chi connectivity index (χ4v) is 7.85. The second kappa shape index (κ2) is 8.58. The third-order valence-electron chi connectivity index (χ3n) is 4.44. The topological polar surface area (TPSA) is 46.5 Å². The summed E-state index contributed by atoms with van der Waals surface area (Å²) in [6.45, 7) is 8.19. The number of ketones is 1. The number of carbonyl (C=O) groups is 1. The number of hydrogen-bond donors (Lipinski definition) is 1. The van der Waals surface area contributed by atoms with E-state index >= 15 is 0 Å². The summed E-state index contributed by atoms with van der Waals surface area (Å²) >= 11 is 0. The minimum Gasteiger partial charge on any atom is -0.404 e. The van der Waals surface area contributed by atoms with Gasteiger partial charge in [-0.05, 0) is 28.4 Å². The Bertz CT molecular complexity index is 693.